The van der Waals surface area contributed by atoms with E-state index in [2.05, 4.69) is 31.0 Å². The number of methoxy groups -OCH3 is 1. The molecule has 1 aromatic carbocycles. The van der Waals surface area contributed by atoms with Gasteiger partial charge in [-0.15, -0.1) is 0 Å². The Morgan fingerprint density at radius 1 is 1.44 bits per heavy atom. The molecule has 0 spiro atoms. The van der Waals surface area contributed by atoms with E-state index in [1.807, 2.05) is 6.07 Å². The molecule has 2 rings (SSSR count). The minimum absolute atomic E-state index is 0.0172. The quantitative estimate of drug-likeness (QED) is 0.840. The zero-order valence-electron chi connectivity index (χ0n) is 11.6. The van der Waals surface area contributed by atoms with Crippen molar-refractivity contribution in [2.75, 3.05) is 27.2 Å². The van der Waals surface area contributed by atoms with Crippen LogP contribution in [-0.4, -0.2) is 32.1 Å². The standard InChI is InChI=1S/C15H24N2O/c1-11-4-7-15(18-3)13(8-11)14(16)10-17(2)9-12-5-6-12/h4,7-8,12,14H,5-6,9-10,16H2,1-3H3. The molecule has 1 aliphatic carbocycles. The molecular weight excluding hydrogens is 224 g/mol. The number of ether oxygens (including phenoxy) is 1. The number of hydrogen-bond donors (Lipinski definition) is 1. The Hall–Kier alpha value is -1.06. The molecule has 0 saturated heterocycles. The van der Waals surface area contributed by atoms with E-state index in [0.717, 1.165) is 23.8 Å². The molecular formula is C15H24N2O. The number of likely N-dealkylation sites (N-methyl/N-ethyl adjacent to an activating group) is 1. The molecule has 0 radical (unpaired) electrons. The molecule has 1 fully saturated rings. The van der Waals surface area contributed by atoms with Gasteiger partial charge in [0.2, 0.25) is 0 Å². The lowest BCUT2D eigenvalue weighted by atomic mass is 10.0. The van der Waals surface area contributed by atoms with Crippen molar-refractivity contribution in [3.63, 3.8) is 0 Å². The van der Waals surface area contributed by atoms with Crippen LogP contribution in [0.4, 0.5) is 0 Å². The fraction of sp³-hybridized carbons (Fsp3) is 0.600. The summed E-state index contributed by atoms with van der Waals surface area (Å²) in [7, 11) is 3.86. The van der Waals surface area contributed by atoms with Gasteiger partial charge in [-0.1, -0.05) is 17.7 Å². The smallest absolute Gasteiger partial charge is 0.123 e. The summed E-state index contributed by atoms with van der Waals surface area (Å²) in [5.74, 6) is 1.80. The first kappa shape index (κ1) is 13.4. The number of hydrogen-bond acceptors (Lipinski definition) is 3. The third-order valence-corrected chi connectivity index (χ3v) is 3.56. The molecule has 100 valence electrons. The third kappa shape index (κ3) is 3.47. The highest BCUT2D eigenvalue weighted by Crippen LogP contribution is 2.30. The molecule has 2 N–H and O–H groups in total. The minimum atomic E-state index is 0.0172. The van der Waals surface area contributed by atoms with E-state index in [0.29, 0.717) is 0 Å². The topological polar surface area (TPSA) is 38.5 Å². The molecule has 3 nitrogen and oxygen atoms in total. The first-order valence-corrected chi connectivity index (χ1v) is 6.69. The molecule has 0 aliphatic heterocycles. The predicted octanol–water partition coefficient (Wildman–Crippen LogP) is 2.35. The molecule has 0 heterocycles. The van der Waals surface area contributed by atoms with Crippen LogP contribution in [0.25, 0.3) is 0 Å². The summed E-state index contributed by atoms with van der Waals surface area (Å²) >= 11 is 0. The highest BCUT2D eigenvalue weighted by Gasteiger charge is 2.24. The number of benzene rings is 1. The number of nitrogens with two attached hydrogens (primary N) is 1. The summed E-state index contributed by atoms with van der Waals surface area (Å²) in [6.45, 7) is 4.14. The molecule has 1 aromatic rings. The molecule has 1 saturated carbocycles. The lowest BCUT2D eigenvalue weighted by molar-refractivity contribution is 0.297. The van der Waals surface area contributed by atoms with Crippen molar-refractivity contribution < 1.29 is 4.74 Å². The molecule has 0 amide bonds. The van der Waals surface area contributed by atoms with E-state index in [1.54, 1.807) is 7.11 Å². The van der Waals surface area contributed by atoms with Gasteiger partial charge in [0.25, 0.3) is 0 Å². The van der Waals surface area contributed by atoms with Gasteiger partial charge in [0.05, 0.1) is 7.11 Å². The lowest BCUT2D eigenvalue weighted by Crippen LogP contribution is -2.30. The van der Waals surface area contributed by atoms with Crippen molar-refractivity contribution in [2.45, 2.75) is 25.8 Å². The Bertz CT molecular complexity index is 401. The van der Waals surface area contributed by atoms with Crippen molar-refractivity contribution in [1.82, 2.24) is 4.90 Å². The Morgan fingerprint density at radius 3 is 2.78 bits per heavy atom. The second-order valence-electron chi connectivity index (χ2n) is 5.52. The summed E-state index contributed by atoms with van der Waals surface area (Å²) in [5, 5.41) is 0. The Labute approximate surface area is 110 Å². The maximum absolute atomic E-state index is 6.32. The van der Waals surface area contributed by atoms with Crippen LogP contribution >= 0.6 is 0 Å². The molecule has 18 heavy (non-hydrogen) atoms. The van der Waals surface area contributed by atoms with Crippen LogP contribution in [0.15, 0.2) is 18.2 Å². The second kappa shape index (κ2) is 5.72. The van der Waals surface area contributed by atoms with Gasteiger partial charge in [0, 0.05) is 24.7 Å². The van der Waals surface area contributed by atoms with Crippen molar-refractivity contribution >= 4 is 0 Å². The van der Waals surface area contributed by atoms with Gasteiger partial charge in [0.1, 0.15) is 5.75 Å². The van der Waals surface area contributed by atoms with Crippen molar-refractivity contribution in [1.29, 1.82) is 0 Å². The molecule has 3 heteroatoms. The second-order valence-corrected chi connectivity index (χ2v) is 5.52. The van der Waals surface area contributed by atoms with Gasteiger partial charge in [-0.25, -0.2) is 0 Å². The van der Waals surface area contributed by atoms with E-state index in [-0.39, 0.29) is 6.04 Å². The van der Waals surface area contributed by atoms with Crippen LogP contribution in [0.2, 0.25) is 0 Å². The normalized spacial score (nSPS) is 16.9. The Morgan fingerprint density at radius 2 is 2.17 bits per heavy atom. The first-order valence-electron chi connectivity index (χ1n) is 6.69. The monoisotopic (exact) mass is 248 g/mol. The van der Waals surface area contributed by atoms with Crippen LogP contribution in [0.3, 0.4) is 0 Å². The predicted molar refractivity (Wildman–Crippen MR) is 74.9 cm³/mol. The fourth-order valence-corrected chi connectivity index (χ4v) is 2.39. The largest absolute Gasteiger partial charge is 0.496 e. The lowest BCUT2D eigenvalue weighted by Gasteiger charge is -2.23. The zero-order chi connectivity index (χ0) is 13.1. The van der Waals surface area contributed by atoms with Crippen molar-refractivity contribution in [3.05, 3.63) is 29.3 Å². The van der Waals surface area contributed by atoms with Gasteiger partial charge in [-0.2, -0.15) is 0 Å². The SMILES string of the molecule is COc1ccc(C)cc1C(N)CN(C)CC1CC1. The molecule has 1 unspecified atom stereocenters. The van der Waals surface area contributed by atoms with Crippen LogP contribution in [0, 0.1) is 12.8 Å². The van der Waals surface area contributed by atoms with Gasteiger partial charge in [0.15, 0.2) is 0 Å². The summed E-state index contributed by atoms with van der Waals surface area (Å²) in [4.78, 5) is 2.34. The highest BCUT2D eigenvalue weighted by molar-refractivity contribution is 5.39. The van der Waals surface area contributed by atoms with E-state index in [1.165, 1.54) is 24.9 Å². The van der Waals surface area contributed by atoms with E-state index in [9.17, 15) is 0 Å². The van der Waals surface area contributed by atoms with Crippen LogP contribution in [-0.2, 0) is 0 Å². The molecule has 0 aromatic heterocycles. The number of aryl methyl sites for hydroxylation is 1. The summed E-state index contributed by atoms with van der Waals surface area (Å²) in [6, 6.07) is 6.21. The summed E-state index contributed by atoms with van der Waals surface area (Å²) in [6.07, 6.45) is 2.76. The van der Waals surface area contributed by atoms with Crippen LogP contribution in [0.5, 0.6) is 5.75 Å². The third-order valence-electron chi connectivity index (χ3n) is 3.56. The minimum Gasteiger partial charge on any atom is -0.496 e. The van der Waals surface area contributed by atoms with E-state index in [4.69, 9.17) is 10.5 Å². The number of rotatable bonds is 6. The van der Waals surface area contributed by atoms with Gasteiger partial charge in [-0.3, -0.25) is 0 Å². The van der Waals surface area contributed by atoms with E-state index < -0.39 is 0 Å². The summed E-state index contributed by atoms with van der Waals surface area (Å²) < 4.78 is 5.40. The highest BCUT2D eigenvalue weighted by atomic mass is 16.5. The number of nitrogens with zero attached hydrogens (tertiary/aromatic N) is 1. The van der Waals surface area contributed by atoms with Gasteiger partial charge in [-0.05, 0) is 38.8 Å². The molecule has 1 aliphatic rings. The van der Waals surface area contributed by atoms with Gasteiger partial charge >= 0.3 is 0 Å². The molecule has 0 bridgehead atoms. The van der Waals surface area contributed by atoms with Crippen molar-refractivity contribution in [3.8, 4) is 5.75 Å². The average molecular weight is 248 g/mol. The van der Waals surface area contributed by atoms with Crippen molar-refractivity contribution in [2.24, 2.45) is 11.7 Å². The first-order chi connectivity index (χ1) is 8.60. The van der Waals surface area contributed by atoms with Crippen LogP contribution in [0.1, 0.15) is 30.0 Å². The van der Waals surface area contributed by atoms with Gasteiger partial charge < -0.3 is 15.4 Å². The average Bonchev–Trinajstić information content (AvgIpc) is 3.12. The van der Waals surface area contributed by atoms with Crippen LogP contribution < -0.4 is 10.5 Å². The maximum Gasteiger partial charge on any atom is 0.123 e. The Balaban J connectivity index is 2.01. The zero-order valence-corrected chi connectivity index (χ0v) is 11.6. The maximum atomic E-state index is 6.32. The summed E-state index contributed by atoms with van der Waals surface area (Å²) in [5.41, 5.74) is 8.65. The Kier molecular flexibility index (Phi) is 4.25. The fourth-order valence-electron chi connectivity index (χ4n) is 2.39. The molecule has 1 atom stereocenters. The van der Waals surface area contributed by atoms with E-state index >= 15 is 0 Å².